The average molecular weight is 536 g/mol. The molecule has 0 unspecified atom stereocenters. The quantitative estimate of drug-likeness (QED) is 0.327. The number of carbonyl (C=O) groups excluding carboxylic acids is 2. The topological polar surface area (TPSA) is 106 Å². The number of anilines is 3. The Morgan fingerprint density at radius 3 is 2.27 bits per heavy atom. The second-order valence-corrected chi connectivity index (χ2v) is 11.1. The SMILES string of the molecule is Cc1nsc(Nc2cncc(C(F)(F)F)n2)c1C(=O)Nc1ccc(C(=O)OC(C)(C)CC(C)(C)C)cc1. The van der Waals surface area contributed by atoms with Crippen LogP contribution in [0.25, 0.3) is 0 Å². The zero-order chi connectivity index (χ0) is 27.6. The minimum absolute atomic E-state index is 0.0199. The van der Waals surface area contributed by atoms with Crippen LogP contribution in [0.1, 0.15) is 73.1 Å². The van der Waals surface area contributed by atoms with Gasteiger partial charge >= 0.3 is 12.1 Å². The van der Waals surface area contributed by atoms with E-state index < -0.39 is 29.3 Å². The predicted molar refractivity (Wildman–Crippen MR) is 135 cm³/mol. The Labute approximate surface area is 216 Å². The van der Waals surface area contributed by atoms with Crippen LogP contribution in [0.15, 0.2) is 36.7 Å². The van der Waals surface area contributed by atoms with Gasteiger partial charge < -0.3 is 15.4 Å². The Morgan fingerprint density at radius 2 is 1.68 bits per heavy atom. The van der Waals surface area contributed by atoms with Gasteiger partial charge in [-0.05, 0) is 68.4 Å². The van der Waals surface area contributed by atoms with Crippen molar-refractivity contribution in [3.05, 3.63) is 59.2 Å². The molecule has 0 atom stereocenters. The Balaban J connectivity index is 1.71. The molecule has 2 N–H and O–H groups in total. The van der Waals surface area contributed by atoms with Crippen LogP contribution in [-0.4, -0.2) is 31.8 Å². The number of hydrogen-bond acceptors (Lipinski definition) is 8. The van der Waals surface area contributed by atoms with Crippen LogP contribution in [0.4, 0.5) is 29.7 Å². The van der Waals surface area contributed by atoms with E-state index in [0.29, 0.717) is 29.6 Å². The van der Waals surface area contributed by atoms with Gasteiger partial charge in [-0.1, -0.05) is 20.8 Å². The fourth-order valence-corrected chi connectivity index (χ4v) is 4.71. The number of ether oxygens (including phenoxy) is 1. The van der Waals surface area contributed by atoms with E-state index in [4.69, 9.17) is 4.74 Å². The Kier molecular flexibility index (Phi) is 7.91. The first-order valence-electron chi connectivity index (χ1n) is 11.3. The number of rotatable bonds is 7. The molecule has 2 aromatic heterocycles. The number of alkyl halides is 3. The summed E-state index contributed by atoms with van der Waals surface area (Å²) in [4.78, 5) is 32.7. The molecule has 8 nitrogen and oxygen atoms in total. The summed E-state index contributed by atoms with van der Waals surface area (Å²) in [6.45, 7) is 11.5. The fraction of sp³-hybridized carbons (Fsp3) is 0.400. The molecule has 0 spiro atoms. The first-order valence-corrected chi connectivity index (χ1v) is 12.1. The fourth-order valence-electron chi connectivity index (χ4n) is 3.91. The van der Waals surface area contributed by atoms with Gasteiger partial charge in [0.15, 0.2) is 5.69 Å². The van der Waals surface area contributed by atoms with Crippen LogP contribution in [0.2, 0.25) is 0 Å². The van der Waals surface area contributed by atoms with Crippen molar-refractivity contribution in [3.63, 3.8) is 0 Å². The molecule has 0 aliphatic rings. The maximum atomic E-state index is 13.0. The van der Waals surface area contributed by atoms with Crippen molar-refractivity contribution in [1.82, 2.24) is 14.3 Å². The third-order valence-electron chi connectivity index (χ3n) is 4.96. The van der Waals surface area contributed by atoms with Crippen molar-refractivity contribution in [1.29, 1.82) is 0 Å². The minimum Gasteiger partial charge on any atom is -0.456 e. The summed E-state index contributed by atoms with van der Waals surface area (Å²) in [5, 5.41) is 5.62. The molecule has 0 radical (unpaired) electrons. The predicted octanol–water partition coefficient (Wildman–Crippen LogP) is 6.63. The van der Waals surface area contributed by atoms with E-state index in [1.54, 1.807) is 31.2 Å². The van der Waals surface area contributed by atoms with E-state index in [-0.39, 0.29) is 21.8 Å². The van der Waals surface area contributed by atoms with E-state index in [1.807, 2.05) is 13.8 Å². The second kappa shape index (κ2) is 10.4. The summed E-state index contributed by atoms with van der Waals surface area (Å²) in [6, 6.07) is 6.21. The molecule has 0 fully saturated rings. The van der Waals surface area contributed by atoms with Crippen molar-refractivity contribution < 1.29 is 27.5 Å². The highest BCUT2D eigenvalue weighted by Crippen LogP contribution is 2.32. The van der Waals surface area contributed by atoms with Crippen molar-refractivity contribution in [2.45, 2.75) is 59.7 Å². The third kappa shape index (κ3) is 7.72. The van der Waals surface area contributed by atoms with Crippen LogP contribution in [0, 0.1) is 12.3 Å². The molecule has 198 valence electrons. The van der Waals surface area contributed by atoms with Gasteiger partial charge in [-0.15, -0.1) is 0 Å². The molecule has 0 bridgehead atoms. The van der Waals surface area contributed by atoms with Crippen molar-refractivity contribution in [3.8, 4) is 0 Å². The maximum Gasteiger partial charge on any atom is 0.434 e. The van der Waals surface area contributed by atoms with E-state index in [1.165, 1.54) is 0 Å². The number of nitrogens with zero attached hydrogens (tertiary/aromatic N) is 3. The van der Waals surface area contributed by atoms with E-state index in [9.17, 15) is 22.8 Å². The molecule has 0 saturated heterocycles. The highest BCUT2D eigenvalue weighted by molar-refractivity contribution is 7.10. The molecular weight excluding hydrogens is 507 g/mol. The van der Waals surface area contributed by atoms with Gasteiger partial charge in [-0.25, -0.2) is 9.78 Å². The van der Waals surface area contributed by atoms with Crippen molar-refractivity contribution in [2.24, 2.45) is 5.41 Å². The number of aryl methyl sites for hydroxylation is 1. The van der Waals surface area contributed by atoms with Crippen LogP contribution >= 0.6 is 11.5 Å². The Bertz CT molecular complexity index is 1280. The normalized spacial score (nSPS) is 12.2. The number of carbonyl (C=O) groups is 2. The zero-order valence-corrected chi connectivity index (χ0v) is 22.1. The molecule has 0 aliphatic carbocycles. The maximum absolute atomic E-state index is 13.0. The van der Waals surface area contributed by atoms with Crippen LogP contribution < -0.4 is 10.6 Å². The molecule has 37 heavy (non-hydrogen) atoms. The summed E-state index contributed by atoms with van der Waals surface area (Å²) in [7, 11) is 0. The van der Waals surface area contributed by atoms with Gasteiger partial charge in [0.1, 0.15) is 16.4 Å². The smallest absolute Gasteiger partial charge is 0.434 e. The molecule has 3 aromatic rings. The molecule has 2 heterocycles. The molecule has 0 aliphatic heterocycles. The standard InChI is InChI=1S/C25H28F3N5O3S/c1-14-19(21(37-33-14)32-18-12-29-11-17(31-18)25(26,27)28)20(34)30-16-9-7-15(8-10-16)22(35)36-24(5,6)13-23(2,3)4/h7-12H,13H2,1-6H3,(H,30,34)(H,31,32). The molecule has 1 amide bonds. The summed E-state index contributed by atoms with van der Waals surface area (Å²) in [5.41, 5.74) is -0.565. The lowest BCUT2D eigenvalue weighted by atomic mass is 9.83. The van der Waals surface area contributed by atoms with E-state index in [2.05, 4.69) is 45.7 Å². The highest BCUT2D eigenvalue weighted by atomic mass is 32.1. The number of nitrogens with one attached hydrogen (secondary N) is 2. The average Bonchev–Trinajstić information content (AvgIpc) is 3.11. The van der Waals surface area contributed by atoms with Crippen LogP contribution in [-0.2, 0) is 10.9 Å². The van der Waals surface area contributed by atoms with Crippen LogP contribution in [0.5, 0.6) is 0 Å². The van der Waals surface area contributed by atoms with Gasteiger partial charge in [0.2, 0.25) is 0 Å². The van der Waals surface area contributed by atoms with Gasteiger partial charge in [-0.2, -0.15) is 17.5 Å². The Hall–Kier alpha value is -3.54. The number of hydrogen-bond donors (Lipinski definition) is 2. The first-order chi connectivity index (χ1) is 17.0. The number of amides is 1. The van der Waals surface area contributed by atoms with Gasteiger partial charge in [-0.3, -0.25) is 9.78 Å². The van der Waals surface area contributed by atoms with E-state index >= 15 is 0 Å². The van der Waals surface area contributed by atoms with Crippen LogP contribution in [0.3, 0.4) is 0 Å². The highest BCUT2D eigenvalue weighted by Gasteiger charge is 2.33. The molecule has 1 aromatic carbocycles. The number of halogens is 3. The monoisotopic (exact) mass is 535 g/mol. The lowest BCUT2D eigenvalue weighted by molar-refractivity contribution is -0.141. The Morgan fingerprint density at radius 1 is 1.03 bits per heavy atom. The summed E-state index contributed by atoms with van der Waals surface area (Å²) in [5.74, 6) is -1.18. The second-order valence-electron chi connectivity index (χ2n) is 10.3. The van der Waals surface area contributed by atoms with Gasteiger partial charge in [0.25, 0.3) is 5.91 Å². The largest absolute Gasteiger partial charge is 0.456 e. The van der Waals surface area contributed by atoms with Gasteiger partial charge in [0, 0.05) is 5.69 Å². The van der Waals surface area contributed by atoms with Gasteiger partial charge in [0.05, 0.1) is 29.2 Å². The lowest BCUT2D eigenvalue weighted by Crippen LogP contribution is -2.32. The molecule has 12 heteroatoms. The zero-order valence-electron chi connectivity index (χ0n) is 21.3. The molecule has 3 rings (SSSR count). The van der Waals surface area contributed by atoms with Crippen molar-refractivity contribution in [2.75, 3.05) is 10.6 Å². The first kappa shape index (κ1) is 28.0. The van der Waals surface area contributed by atoms with E-state index in [0.717, 1.165) is 17.7 Å². The molecular formula is C25H28F3N5O3S. The summed E-state index contributed by atoms with van der Waals surface area (Å²) < 4.78 is 48.7. The summed E-state index contributed by atoms with van der Waals surface area (Å²) in [6.07, 6.45) is -2.25. The lowest BCUT2D eigenvalue weighted by Gasteiger charge is -2.32. The molecule has 0 saturated carbocycles. The minimum atomic E-state index is -4.66. The number of benzene rings is 1. The number of aromatic nitrogens is 3. The third-order valence-corrected chi connectivity index (χ3v) is 5.81. The van der Waals surface area contributed by atoms with Crippen molar-refractivity contribution >= 4 is 39.9 Å². The summed E-state index contributed by atoms with van der Waals surface area (Å²) >= 11 is 0.906. The number of esters is 1.